The Morgan fingerprint density at radius 1 is 1.41 bits per heavy atom. The first-order valence-electron chi connectivity index (χ1n) is 4.33. The molecule has 1 aromatic carbocycles. The maximum atomic E-state index is 11.4. The summed E-state index contributed by atoms with van der Waals surface area (Å²) >= 11 is 0. The fourth-order valence-corrected chi connectivity index (χ4v) is 1.17. The van der Waals surface area contributed by atoms with Crippen molar-refractivity contribution in [3.63, 3.8) is 0 Å². The maximum Gasteiger partial charge on any atom is 0.335 e. The Hall–Kier alpha value is -2.64. The van der Waals surface area contributed by atoms with Crippen LogP contribution in [0.2, 0.25) is 0 Å². The normalized spacial score (nSPS) is 9.71. The molecule has 2 N–H and O–H groups in total. The van der Waals surface area contributed by atoms with Crippen LogP contribution in [0.4, 0.5) is 11.4 Å². The van der Waals surface area contributed by atoms with Gasteiger partial charge in [0.1, 0.15) is 5.69 Å². The van der Waals surface area contributed by atoms with Crippen molar-refractivity contribution in [2.24, 2.45) is 0 Å². The summed E-state index contributed by atoms with van der Waals surface area (Å²) in [5, 5.41) is 32.7. The van der Waals surface area contributed by atoms with Crippen LogP contribution >= 0.6 is 0 Å². The largest absolute Gasteiger partial charge is 0.871 e. The first-order chi connectivity index (χ1) is 7.82. The Labute approximate surface area is 94.6 Å². The lowest BCUT2D eigenvalue weighted by atomic mass is 10.1. The molecular formula is C9H7N2O6-. The molecule has 8 heteroatoms. The molecule has 0 unspecified atom stereocenters. The number of carbonyl (C=O) groups is 2. The summed E-state index contributed by atoms with van der Waals surface area (Å²) in [6.07, 6.45) is 0. The number of hydrogen-bond acceptors (Lipinski definition) is 5. The second kappa shape index (κ2) is 4.47. The molecule has 0 fully saturated rings. The summed E-state index contributed by atoms with van der Waals surface area (Å²) in [5.74, 6) is -3.04. The van der Waals surface area contributed by atoms with Crippen molar-refractivity contribution in [2.45, 2.75) is 6.92 Å². The molecule has 1 rings (SSSR count). The van der Waals surface area contributed by atoms with Gasteiger partial charge in [-0.3, -0.25) is 14.9 Å². The summed E-state index contributed by atoms with van der Waals surface area (Å²) < 4.78 is 0. The van der Waals surface area contributed by atoms with Crippen molar-refractivity contribution >= 4 is 23.3 Å². The highest BCUT2D eigenvalue weighted by Gasteiger charge is 2.19. The lowest BCUT2D eigenvalue weighted by Crippen LogP contribution is -2.12. The molecule has 1 aromatic rings. The van der Waals surface area contributed by atoms with E-state index in [4.69, 9.17) is 5.11 Å². The van der Waals surface area contributed by atoms with E-state index in [1.54, 1.807) is 0 Å². The maximum absolute atomic E-state index is 11.4. The number of aromatic carboxylic acids is 1. The Balaban J connectivity index is 3.43. The molecule has 0 bridgehead atoms. The molecule has 0 spiro atoms. The average Bonchev–Trinajstić information content (AvgIpc) is 2.19. The second-order valence-electron chi connectivity index (χ2n) is 3.11. The van der Waals surface area contributed by atoms with Crippen LogP contribution in [0.3, 0.4) is 0 Å². The number of carbonyl (C=O) groups excluding carboxylic acids is 1. The van der Waals surface area contributed by atoms with E-state index in [1.807, 2.05) is 5.32 Å². The van der Waals surface area contributed by atoms with Crippen molar-refractivity contribution in [3.05, 3.63) is 27.8 Å². The summed E-state index contributed by atoms with van der Waals surface area (Å²) in [5.41, 5.74) is -1.78. The fourth-order valence-electron chi connectivity index (χ4n) is 1.17. The number of benzene rings is 1. The predicted octanol–water partition coefficient (Wildman–Crippen LogP) is 0.325. The zero-order valence-corrected chi connectivity index (χ0v) is 8.59. The van der Waals surface area contributed by atoms with Crippen LogP contribution < -0.4 is 10.4 Å². The van der Waals surface area contributed by atoms with Crippen LogP contribution in [0.5, 0.6) is 5.75 Å². The highest BCUT2D eigenvalue weighted by atomic mass is 16.6. The van der Waals surface area contributed by atoms with Gasteiger partial charge >= 0.3 is 5.97 Å². The van der Waals surface area contributed by atoms with Crippen molar-refractivity contribution in [2.75, 3.05) is 5.32 Å². The first kappa shape index (κ1) is 12.4. The third-order valence-electron chi connectivity index (χ3n) is 1.83. The molecule has 0 aliphatic carbocycles. The third kappa shape index (κ3) is 2.68. The van der Waals surface area contributed by atoms with Gasteiger partial charge in [-0.25, -0.2) is 4.79 Å². The monoisotopic (exact) mass is 239 g/mol. The molecular weight excluding hydrogens is 232 g/mol. The number of amides is 1. The molecule has 0 heterocycles. The van der Waals surface area contributed by atoms with E-state index in [0.29, 0.717) is 6.07 Å². The molecule has 0 atom stereocenters. The quantitative estimate of drug-likeness (QED) is 0.576. The van der Waals surface area contributed by atoms with Crippen molar-refractivity contribution in [1.29, 1.82) is 0 Å². The molecule has 8 nitrogen and oxygen atoms in total. The van der Waals surface area contributed by atoms with Gasteiger partial charge < -0.3 is 15.5 Å². The van der Waals surface area contributed by atoms with Gasteiger partial charge in [0.2, 0.25) is 5.91 Å². The van der Waals surface area contributed by atoms with Gasteiger partial charge in [0.25, 0.3) is 5.69 Å². The Bertz CT molecular complexity index is 510. The minimum Gasteiger partial charge on any atom is -0.871 e. The van der Waals surface area contributed by atoms with Crippen molar-refractivity contribution < 1.29 is 24.7 Å². The van der Waals surface area contributed by atoms with Gasteiger partial charge in [-0.1, -0.05) is 11.8 Å². The Morgan fingerprint density at radius 2 is 2.00 bits per heavy atom. The topological polar surface area (TPSA) is 133 Å². The molecule has 0 aliphatic rings. The molecule has 1 amide bonds. The standard InChI is InChI=1S/C9H8N2O6/c1-4(12)10-8-6(11(16)17)2-5(9(14)15)3-7(8)13/h2-3,13H,1H3,(H,10,12)(H,14,15)/p-1. The summed E-state index contributed by atoms with van der Waals surface area (Å²) in [7, 11) is 0. The van der Waals surface area contributed by atoms with E-state index in [-0.39, 0.29) is 0 Å². The number of carboxylic acid groups (broad SMARTS) is 1. The van der Waals surface area contributed by atoms with Gasteiger partial charge in [0, 0.05) is 13.0 Å². The van der Waals surface area contributed by atoms with E-state index >= 15 is 0 Å². The number of rotatable bonds is 3. The molecule has 90 valence electrons. The second-order valence-corrected chi connectivity index (χ2v) is 3.11. The predicted molar refractivity (Wildman–Crippen MR) is 53.8 cm³/mol. The van der Waals surface area contributed by atoms with Gasteiger partial charge in [-0.15, -0.1) is 0 Å². The summed E-state index contributed by atoms with van der Waals surface area (Å²) in [4.78, 5) is 31.1. The van der Waals surface area contributed by atoms with E-state index in [0.717, 1.165) is 13.0 Å². The smallest absolute Gasteiger partial charge is 0.335 e. The van der Waals surface area contributed by atoms with Crippen LogP contribution in [0.25, 0.3) is 0 Å². The van der Waals surface area contributed by atoms with Crippen LogP contribution in [0, 0.1) is 10.1 Å². The highest BCUT2D eigenvalue weighted by molar-refractivity contribution is 5.96. The number of nitrogens with one attached hydrogen (secondary N) is 1. The van der Waals surface area contributed by atoms with Crippen LogP contribution in [0.1, 0.15) is 17.3 Å². The van der Waals surface area contributed by atoms with Crippen LogP contribution in [-0.4, -0.2) is 21.9 Å². The number of nitro benzene ring substituents is 1. The van der Waals surface area contributed by atoms with Crippen molar-refractivity contribution in [3.8, 4) is 5.75 Å². The lowest BCUT2D eigenvalue weighted by molar-refractivity contribution is -0.384. The number of nitrogens with zero attached hydrogens (tertiary/aromatic N) is 1. The number of anilines is 1. The van der Waals surface area contributed by atoms with Gasteiger partial charge in [-0.05, 0) is 0 Å². The third-order valence-corrected chi connectivity index (χ3v) is 1.83. The molecule has 0 aliphatic heterocycles. The molecule has 0 aromatic heterocycles. The van der Waals surface area contributed by atoms with Gasteiger partial charge in [-0.2, -0.15) is 0 Å². The minimum atomic E-state index is -1.46. The van der Waals surface area contributed by atoms with E-state index < -0.39 is 39.5 Å². The summed E-state index contributed by atoms with van der Waals surface area (Å²) in [6, 6.07) is 1.43. The SMILES string of the molecule is CC(=O)Nc1c([O-])cc(C(=O)O)cc1[N+](=O)[O-]. The Kier molecular flexibility index (Phi) is 3.27. The van der Waals surface area contributed by atoms with Crippen LogP contribution in [0.15, 0.2) is 12.1 Å². The van der Waals surface area contributed by atoms with Crippen molar-refractivity contribution in [1.82, 2.24) is 0 Å². The lowest BCUT2D eigenvalue weighted by Gasteiger charge is -2.14. The highest BCUT2D eigenvalue weighted by Crippen LogP contribution is 2.33. The summed E-state index contributed by atoms with van der Waals surface area (Å²) in [6.45, 7) is 1.08. The van der Waals surface area contributed by atoms with E-state index in [9.17, 15) is 24.8 Å². The van der Waals surface area contributed by atoms with Gasteiger partial charge in [0.05, 0.1) is 10.5 Å². The molecule has 0 saturated carbocycles. The van der Waals surface area contributed by atoms with E-state index in [2.05, 4.69) is 0 Å². The fraction of sp³-hybridized carbons (Fsp3) is 0.111. The zero-order chi connectivity index (χ0) is 13.2. The Morgan fingerprint density at radius 3 is 2.41 bits per heavy atom. The number of nitro groups is 1. The van der Waals surface area contributed by atoms with Crippen LogP contribution in [-0.2, 0) is 4.79 Å². The van der Waals surface area contributed by atoms with Gasteiger partial charge in [0.15, 0.2) is 0 Å². The molecule has 17 heavy (non-hydrogen) atoms. The average molecular weight is 239 g/mol. The zero-order valence-electron chi connectivity index (χ0n) is 8.59. The molecule has 0 radical (unpaired) electrons. The number of hydrogen-bond donors (Lipinski definition) is 2. The van der Waals surface area contributed by atoms with E-state index in [1.165, 1.54) is 0 Å². The minimum absolute atomic E-state index is 0.504. The first-order valence-corrected chi connectivity index (χ1v) is 4.33. The molecule has 0 saturated heterocycles. The number of carboxylic acids is 1.